The number of nitrogens with one attached hydrogen (secondary N) is 1. The molecular formula is C17H27N3O2. The van der Waals surface area contributed by atoms with Crippen LogP contribution in [0.2, 0.25) is 0 Å². The smallest absolute Gasteiger partial charge is 0.234 e. The maximum Gasteiger partial charge on any atom is 0.234 e. The van der Waals surface area contributed by atoms with E-state index in [0.717, 1.165) is 51.3 Å². The van der Waals surface area contributed by atoms with E-state index in [2.05, 4.69) is 34.2 Å². The molecule has 1 N–H and O–H groups in total. The molecule has 1 saturated heterocycles. The average molecular weight is 305 g/mol. The zero-order chi connectivity index (χ0) is 15.8. The number of carbonyl (C=O) groups excluding carboxylic acids is 1. The Bertz CT molecular complexity index is 453. The molecule has 0 aromatic heterocycles. The number of piperazine rings is 1. The Balaban J connectivity index is 1.74. The van der Waals surface area contributed by atoms with Crippen molar-refractivity contribution in [2.24, 2.45) is 0 Å². The number of rotatable bonds is 7. The lowest BCUT2D eigenvalue weighted by Crippen LogP contribution is -2.49. The first-order chi connectivity index (χ1) is 10.7. The summed E-state index contributed by atoms with van der Waals surface area (Å²) in [6.45, 7) is 7.19. The molecule has 5 nitrogen and oxygen atoms in total. The summed E-state index contributed by atoms with van der Waals surface area (Å²) in [7, 11) is 1.68. The van der Waals surface area contributed by atoms with Gasteiger partial charge in [-0.3, -0.25) is 9.69 Å². The Morgan fingerprint density at radius 2 is 1.86 bits per heavy atom. The zero-order valence-corrected chi connectivity index (χ0v) is 13.7. The van der Waals surface area contributed by atoms with Gasteiger partial charge in [0.05, 0.1) is 13.7 Å². The highest BCUT2D eigenvalue weighted by Crippen LogP contribution is 2.20. The van der Waals surface area contributed by atoms with E-state index in [0.29, 0.717) is 6.54 Å². The van der Waals surface area contributed by atoms with Crippen molar-refractivity contribution in [3.05, 3.63) is 24.3 Å². The Labute approximate surface area is 133 Å². The molecule has 0 radical (unpaired) electrons. The minimum atomic E-state index is 0.145. The molecule has 122 valence electrons. The van der Waals surface area contributed by atoms with E-state index in [4.69, 9.17) is 4.74 Å². The van der Waals surface area contributed by atoms with Crippen LogP contribution in [0.1, 0.15) is 19.8 Å². The summed E-state index contributed by atoms with van der Waals surface area (Å²) in [6.07, 6.45) is 2.16. The second-order valence-corrected chi connectivity index (χ2v) is 5.66. The van der Waals surface area contributed by atoms with Crippen LogP contribution in [0.5, 0.6) is 5.75 Å². The first kappa shape index (κ1) is 16.6. The third-order valence-corrected chi connectivity index (χ3v) is 4.03. The predicted molar refractivity (Wildman–Crippen MR) is 89.6 cm³/mol. The number of nitrogens with zero attached hydrogens (tertiary/aromatic N) is 2. The van der Waals surface area contributed by atoms with Gasteiger partial charge in [-0.05, 0) is 30.7 Å². The number of hydrogen-bond donors (Lipinski definition) is 1. The number of anilines is 1. The van der Waals surface area contributed by atoms with Crippen LogP contribution >= 0.6 is 0 Å². The second-order valence-electron chi connectivity index (χ2n) is 5.66. The van der Waals surface area contributed by atoms with Gasteiger partial charge in [0, 0.05) is 38.4 Å². The van der Waals surface area contributed by atoms with E-state index in [1.165, 1.54) is 5.69 Å². The molecule has 2 rings (SSSR count). The van der Waals surface area contributed by atoms with Crippen molar-refractivity contribution in [2.45, 2.75) is 19.8 Å². The van der Waals surface area contributed by atoms with E-state index in [9.17, 15) is 4.79 Å². The molecule has 1 aliphatic rings. The fourth-order valence-electron chi connectivity index (χ4n) is 2.62. The normalized spacial score (nSPS) is 15.6. The fourth-order valence-corrected chi connectivity index (χ4v) is 2.62. The molecule has 1 aliphatic heterocycles. The van der Waals surface area contributed by atoms with Crippen LogP contribution in [0.3, 0.4) is 0 Å². The van der Waals surface area contributed by atoms with Crippen molar-refractivity contribution in [2.75, 3.05) is 51.3 Å². The highest BCUT2D eigenvalue weighted by atomic mass is 16.5. The van der Waals surface area contributed by atoms with Crippen LogP contribution in [0, 0.1) is 0 Å². The highest BCUT2D eigenvalue weighted by Gasteiger charge is 2.19. The van der Waals surface area contributed by atoms with Crippen molar-refractivity contribution in [1.82, 2.24) is 10.2 Å². The van der Waals surface area contributed by atoms with Crippen LogP contribution in [0.25, 0.3) is 0 Å². The maximum absolute atomic E-state index is 11.8. The minimum absolute atomic E-state index is 0.145. The van der Waals surface area contributed by atoms with Gasteiger partial charge in [0.25, 0.3) is 0 Å². The van der Waals surface area contributed by atoms with Crippen LogP contribution in [-0.2, 0) is 4.79 Å². The molecule has 0 bridgehead atoms. The van der Waals surface area contributed by atoms with E-state index >= 15 is 0 Å². The number of benzene rings is 1. The topological polar surface area (TPSA) is 44.8 Å². The molecule has 5 heteroatoms. The largest absolute Gasteiger partial charge is 0.497 e. The summed E-state index contributed by atoms with van der Waals surface area (Å²) in [6, 6.07) is 8.16. The van der Waals surface area contributed by atoms with Gasteiger partial charge >= 0.3 is 0 Å². The number of unbranched alkanes of at least 4 members (excludes halogenated alkanes) is 1. The van der Waals surface area contributed by atoms with Crippen LogP contribution < -0.4 is 15.0 Å². The molecule has 1 fully saturated rings. The van der Waals surface area contributed by atoms with Crippen molar-refractivity contribution < 1.29 is 9.53 Å². The Hall–Kier alpha value is -1.75. The summed E-state index contributed by atoms with van der Waals surface area (Å²) in [5.41, 5.74) is 1.22. The molecule has 0 unspecified atom stereocenters. The number of carbonyl (C=O) groups is 1. The maximum atomic E-state index is 11.8. The highest BCUT2D eigenvalue weighted by molar-refractivity contribution is 5.78. The van der Waals surface area contributed by atoms with Gasteiger partial charge in [-0.1, -0.05) is 13.3 Å². The molecule has 1 heterocycles. The lowest BCUT2D eigenvalue weighted by molar-refractivity contribution is -0.122. The van der Waals surface area contributed by atoms with Crippen LogP contribution in [0.15, 0.2) is 24.3 Å². The summed E-state index contributed by atoms with van der Waals surface area (Å²) in [5, 5.41) is 2.98. The van der Waals surface area contributed by atoms with Crippen molar-refractivity contribution in [3.8, 4) is 5.75 Å². The van der Waals surface area contributed by atoms with Gasteiger partial charge in [0.2, 0.25) is 5.91 Å². The van der Waals surface area contributed by atoms with Crippen LogP contribution in [-0.4, -0.2) is 57.2 Å². The molecule has 1 amide bonds. The van der Waals surface area contributed by atoms with Crippen LogP contribution in [0.4, 0.5) is 5.69 Å². The summed E-state index contributed by atoms with van der Waals surface area (Å²) < 4.78 is 5.19. The second kappa shape index (κ2) is 8.63. The Morgan fingerprint density at radius 1 is 1.18 bits per heavy atom. The third-order valence-electron chi connectivity index (χ3n) is 4.03. The van der Waals surface area contributed by atoms with E-state index in [1.807, 2.05) is 12.1 Å². The first-order valence-electron chi connectivity index (χ1n) is 8.11. The monoisotopic (exact) mass is 305 g/mol. The number of methoxy groups -OCH3 is 1. The summed E-state index contributed by atoms with van der Waals surface area (Å²) >= 11 is 0. The molecule has 0 saturated carbocycles. The molecule has 0 aliphatic carbocycles. The van der Waals surface area contributed by atoms with Gasteiger partial charge in [-0.15, -0.1) is 0 Å². The number of hydrogen-bond acceptors (Lipinski definition) is 4. The van der Waals surface area contributed by atoms with E-state index in [-0.39, 0.29) is 5.91 Å². The standard InChI is InChI=1S/C17H27N3O2/c1-3-4-9-18-17(21)14-19-10-12-20(13-11-19)15-5-7-16(22-2)8-6-15/h5-8H,3-4,9-14H2,1-2H3,(H,18,21). The summed E-state index contributed by atoms with van der Waals surface area (Å²) in [4.78, 5) is 16.4. The molecular weight excluding hydrogens is 278 g/mol. The zero-order valence-electron chi connectivity index (χ0n) is 13.7. The quantitative estimate of drug-likeness (QED) is 0.779. The average Bonchev–Trinajstić information content (AvgIpc) is 2.56. The molecule has 0 atom stereocenters. The predicted octanol–water partition coefficient (Wildman–Crippen LogP) is 1.73. The van der Waals surface area contributed by atoms with Gasteiger partial charge in [-0.25, -0.2) is 0 Å². The number of amides is 1. The van der Waals surface area contributed by atoms with Gasteiger partial charge < -0.3 is 15.0 Å². The number of ether oxygens (including phenoxy) is 1. The minimum Gasteiger partial charge on any atom is -0.497 e. The van der Waals surface area contributed by atoms with Crippen molar-refractivity contribution >= 4 is 11.6 Å². The molecule has 0 spiro atoms. The SMILES string of the molecule is CCCCNC(=O)CN1CCN(c2ccc(OC)cc2)CC1. The third kappa shape index (κ3) is 4.91. The first-order valence-corrected chi connectivity index (χ1v) is 8.11. The molecule has 1 aromatic carbocycles. The van der Waals surface area contributed by atoms with E-state index < -0.39 is 0 Å². The van der Waals surface area contributed by atoms with Gasteiger partial charge in [0.15, 0.2) is 0 Å². The van der Waals surface area contributed by atoms with E-state index in [1.54, 1.807) is 7.11 Å². The van der Waals surface area contributed by atoms with Gasteiger partial charge in [-0.2, -0.15) is 0 Å². The molecule has 22 heavy (non-hydrogen) atoms. The van der Waals surface area contributed by atoms with Gasteiger partial charge in [0.1, 0.15) is 5.75 Å². The Kier molecular flexibility index (Phi) is 6.52. The lowest BCUT2D eigenvalue weighted by Gasteiger charge is -2.35. The van der Waals surface area contributed by atoms with Crippen molar-refractivity contribution in [3.63, 3.8) is 0 Å². The lowest BCUT2D eigenvalue weighted by atomic mass is 10.2. The Morgan fingerprint density at radius 3 is 2.45 bits per heavy atom. The molecule has 1 aromatic rings. The fraction of sp³-hybridized carbons (Fsp3) is 0.588. The van der Waals surface area contributed by atoms with Crippen molar-refractivity contribution in [1.29, 1.82) is 0 Å². The summed E-state index contributed by atoms with van der Waals surface area (Å²) in [5.74, 6) is 1.03.